The highest BCUT2D eigenvalue weighted by molar-refractivity contribution is 7.11. The lowest BCUT2D eigenvalue weighted by molar-refractivity contribution is 0.439. The van der Waals surface area contributed by atoms with Crippen LogP contribution in [0.2, 0.25) is 0 Å². The number of hydrogen-bond donors (Lipinski definition) is 1. The van der Waals surface area contributed by atoms with Gasteiger partial charge in [-0.1, -0.05) is 6.92 Å². The zero-order valence-electron chi connectivity index (χ0n) is 10.4. The number of nitrogens with zero attached hydrogens (tertiary/aromatic N) is 1. The Labute approximate surface area is 97.1 Å². The van der Waals surface area contributed by atoms with Gasteiger partial charge in [0, 0.05) is 17.3 Å². The Morgan fingerprint density at radius 2 is 2.00 bits per heavy atom. The number of aryl methyl sites for hydroxylation is 2. The second-order valence-electron chi connectivity index (χ2n) is 4.48. The lowest BCUT2D eigenvalue weighted by Crippen LogP contribution is -2.24. The predicted octanol–water partition coefficient (Wildman–Crippen LogP) is 2.94. The maximum absolute atomic E-state index is 4.58. The highest BCUT2D eigenvalue weighted by Gasteiger charge is 2.11. The first kappa shape index (κ1) is 12.7. The van der Waals surface area contributed by atoms with E-state index in [2.05, 4.69) is 38.0 Å². The molecule has 86 valence electrons. The van der Waals surface area contributed by atoms with E-state index in [-0.39, 0.29) is 0 Å². The van der Waals surface area contributed by atoms with Crippen molar-refractivity contribution >= 4 is 11.3 Å². The minimum atomic E-state index is 0.599. The van der Waals surface area contributed by atoms with Gasteiger partial charge in [0.1, 0.15) is 0 Å². The molecule has 0 fully saturated rings. The molecule has 0 saturated heterocycles. The number of hydrogen-bond acceptors (Lipinski definition) is 3. The lowest BCUT2D eigenvalue weighted by atomic mass is 10.00. The van der Waals surface area contributed by atoms with E-state index in [1.54, 1.807) is 0 Å². The van der Waals surface area contributed by atoms with Gasteiger partial charge in [-0.2, -0.15) is 0 Å². The molecule has 0 aliphatic carbocycles. The number of rotatable bonds is 5. The molecule has 2 unspecified atom stereocenters. The summed E-state index contributed by atoms with van der Waals surface area (Å²) < 4.78 is 0. The van der Waals surface area contributed by atoms with Gasteiger partial charge in [-0.25, -0.2) is 4.98 Å². The Morgan fingerprint density at radius 3 is 2.47 bits per heavy atom. The fraction of sp³-hybridized carbons (Fsp3) is 0.750. The zero-order valence-corrected chi connectivity index (χ0v) is 11.2. The molecular weight excluding hydrogens is 204 g/mol. The molecule has 0 radical (unpaired) electrons. The molecule has 2 nitrogen and oxygen atoms in total. The zero-order chi connectivity index (χ0) is 11.4. The molecule has 0 bridgehead atoms. The monoisotopic (exact) mass is 226 g/mol. The molecule has 0 aromatic carbocycles. The van der Waals surface area contributed by atoms with Crippen LogP contribution in [0.15, 0.2) is 0 Å². The summed E-state index contributed by atoms with van der Waals surface area (Å²) in [5.74, 6) is 0.706. The second-order valence-corrected chi connectivity index (χ2v) is 5.77. The van der Waals surface area contributed by atoms with Crippen LogP contribution in [0.3, 0.4) is 0 Å². The van der Waals surface area contributed by atoms with Gasteiger partial charge >= 0.3 is 0 Å². The van der Waals surface area contributed by atoms with Crippen LogP contribution in [0.5, 0.6) is 0 Å². The first-order valence-corrected chi connectivity index (χ1v) is 6.44. The number of thiazole rings is 1. The van der Waals surface area contributed by atoms with Crippen molar-refractivity contribution < 1.29 is 0 Å². The summed E-state index contributed by atoms with van der Waals surface area (Å²) in [6.45, 7) is 8.78. The van der Waals surface area contributed by atoms with E-state index in [4.69, 9.17) is 0 Å². The van der Waals surface area contributed by atoms with Gasteiger partial charge in [-0.05, 0) is 40.2 Å². The van der Waals surface area contributed by atoms with Crippen LogP contribution in [0, 0.1) is 19.8 Å². The van der Waals surface area contributed by atoms with E-state index in [1.165, 1.54) is 22.0 Å². The molecule has 0 amide bonds. The Kier molecular flexibility index (Phi) is 4.74. The fourth-order valence-corrected chi connectivity index (χ4v) is 2.83. The van der Waals surface area contributed by atoms with Crippen LogP contribution in [0.4, 0.5) is 0 Å². The maximum Gasteiger partial charge on any atom is 0.0933 e. The lowest BCUT2D eigenvalue weighted by Gasteiger charge is -2.15. The number of aromatic nitrogens is 1. The van der Waals surface area contributed by atoms with E-state index in [0.717, 1.165) is 6.42 Å². The Balaban J connectivity index is 2.47. The van der Waals surface area contributed by atoms with Crippen LogP contribution < -0.4 is 5.32 Å². The normalized spacial score (nSPS) is 15.3. The number of nitrogens with one attached hydrogen (secondary N) is 1. The van der Waals surface area contributed by atoms with E-state index in [9.17, 15) is 0 Å². The summed E-state index contributed by atoms with van der Waals surface area (Å²) in [6.07, 6.45) is 2.33. The Hall–Kier alpha value is -0.410. The van der Waals surface area contributed by atoms with Gasteiger partial charge < -0.3 is 5.32 Å². The third-order valence-electron chi connectivity index (χ3n) is 2.84. The van der Waals surface area contributed by atoms with E-state index in [0.29, 0.717) is 12.0 Å². The molecule has 0 aliphatic rings. The molecule has 15 heavy (non-hydrogen) atoms. The molecule has 2 atom stereocenters. The maximum atomic E-state index is 4.58. The van der Waals surface area contributed by atoms with E-state index >= 15 is 0 Å². The summed E-state index contributed by atoms with van der Waals surface area (Å²) in [5, 5.41) is 4.57. The van der Waals surface area contributed by atoms with Gasteiger partial charge in [0.05, 0.1) is 10.7 Å². The summed E-state index contributed by atoms with van der Waals surface area (Å²) >= 11 is 1.85. The largest absolute Gasteiger partial charge is 0.317 e. The van der Waals surface area contributed by atoms with Crippen molar-refractivity contribution in [2.24, 2.45) is 5.92 Å². The molecular formula is C12H22N2S. The van der Waals surface area contributed by atoms with Crippen molar-refractivity contribution in [2.75, 3.05) is 7.05 Å². The smallest absolute Gasteiger partial charge is 0.0933 e. The van der Waals surface area contributed by atoms with E-state index in [1.807, 2.05) is 18.4 Å². The molecule has 0 saturated carbocycles. The summed E-state index contributed by atoms with van der Waals surface area (Å²) in [5.41, 5.74) is 1.20. The van der Waals surface area contributed by atoms with Crippen molar-refractivity contribution in [3.8, 4) is 0 Å². The Bertz CT molecular complexity index is 287. The van der Waals surface area contributed by atoms with Gasteiger partial charge in [-0.3, -0.25) is 0 Å². The molecule has 1 N–H and O–H groups in total. The van der Waals surface area contributed by atoms with Crippen molar-refractivity contribution in [3.05, 3.63) is 15.6 Å². The van der Waals surface area contributed by atoms with Crippen LogP contribution in [0.25, 0.3) is 0 Å². The van der Waals surface area contributed by atoms with E-state index < -0.39 is 0 Å². The molecule has 1 aromatic heterocycles. The fourth-order valence-electron chi connectivity index (χ4n) is 1.73. The standard InChI is InChI=1S/C12H22N2S/c1-8(6-9(2)13-5)7-12-14-10(3)11(4)15-12/h8-9,13H,6-7H2,1-5H3. The highest BCUT2D eigenvalue weighted by atomic mass is 32.1. The first-order valence-electron chi connectivity index (χ1n) is 5.63. The van der Waals surface area contributed by atoms with Crippen LogP contribution in [0.1, 0.15) is 35.8 Å². The molecule has 0 spiro atoms. The van der Waals surface area contributed by atoms with Crippen LogP contribution >= 0.6 is 11.3 Å². The SMILES string of the molecule is CNC(C)CC(C)Cc1nc(C)c(C)s1. The van der Waals surface area contributed by atoms with Crippen molar-refractivity contribution in [2.45, 2.75) is 46.6 Å². The third kappa shape index (κ3) is 3.92. The first-order chi connectivity index (χ1) is 7.02. The summed E-state index contributed by atoms with van der Waals surface area (Å²) in [4.78, 5) is 5.94. The minimum absolute atomic E-state index is 0.599. The predicted molar refractivity (Wildman–Crippen MR) is 67.6 cm³/mol. The van der Waals surface area contributed by atoms with Crippen molar-refractivity contribution in [1.82, 2.24) is 10.3 Å². The average Bonchev–Trinajstić information content (AvgIpc) is 2.45. The van der Waals surface area contributed by atoms with Gasteiger partial charge in [0.2, 0.25) is 0 Å². The topological polar surface area (TPSA) is 24.9 Å². The minimum Gasteiger partial charge on any atom is -0.317 e. The molecule has 1 heterocycles. The van der Waals surface area contributed by atoms with Gasteiger partial charge in [0.25, 0.3) is 0 Å². The molecule has 3 heteroatoms. The van der Waals surface area contributed by atoms with Crippen molar-refractivity contribution in [3.63, 3.8) is 0 Å². The summed E-state index contributed by atoms with van der Waals surface area (Å²) in [7, 11) is 2.02. The average molecular weight is 226 g/mol. The quantitative estimate of drug-likeness (QED) is 0.835. The van der Waals surface area contributed by atoms with Crippen LogP contribution in [-0.4, -0.2) is 18.1 Å². The third-order valence-corrected chi connectivity index (χ3v) is 3.94. The Morgan fingerprint density at radius 1 is 1.33 bits per heavy atom. The molecule has 0 aliphatic heterocycles. The van der Waals surface area contributed by atoms with Crippen molar-refractivity contribution in [1.29, 1.82) is 0 Å². The summed E-state index contributed by atoms with van der Waals surface area (Å²) in [6, 6.07) is 0.599. The highest BCUT2D eigenvalue weighted by Crippen LogP contribution is 2.21. The van der Waals surface area contributed by atoms with Gasteiger partial charge in [-0.15, -0.1) is 11.3 Å². The molecule has 1 rings (SSSR count). The second kappa shape index (κ2) is 5.61. The van der Waals surface area contributed by atoms with Crippen LogP contribution in [-0.2, 0) is 6.42 Å². The van der Waals surface area contributed by atoms with Gasteiger partial charge in [0.15, 0.2) is 0 Å². The molecule has 1 aromatic rings.